The van der Waals surface area contributed by atoms with E-state index in [-0.39, 0.29) is 27.6 Å². The molecule has 1 aliphatic rings. The van der Waals surface area contributed by atoms with Gasteiger partial charge in [0.15, 0.2) is 0 Å². The number of benzene rings is 4. The second kappa shape index (κ2) is 11.9. The number of carbonyl (C=O) groups excluding carboxylic acids is 3. The third-order valence-corrected chi connectivity index (χ3v) is 7.60. The van der Waals surface area contributed by atoms with Gasteiger partial charge in [0.2, 0.25) is 0 Å². The van der Waals surface area contributed by atoms with Crippen LogP contribution in [0, 0.1) is 17.0 Å². The molecule has 1 aliphatic heterocycles. The lowest BCUT2D eigenvalue weighted by Gasteiger charge is -2.24. The van der Waals surface area contributed by atoms with Gasteiger partial charge in [0.05, 0.1) is 15.4 Å². The van der Waals surface area contributed by atoms with Crippen LogP contribution >= 0.6 is 11.8 Å². The first-order valence-electron chi connectivity index (χ1n) is 12.6. The number of aryl methyl sites for hydroxylation is 1. The first-order chi connectivity index (χ1) is 19.8. The zero-order valence-electron chi connectivity index (χ0n) is 21.8. The molecule has 0 spiro atoms. The van der Waals surface area contributed by atoms with Crippen LogP contribution in [-0.2, 0) is 4.79 Å². The van der Waals surface area contributed by atoms with Gasteiger partial charge in [0.25, 0.3) is 23.4 Å². The second-order valence-corrected chi connectivity index (χ2v) is 10.3. The van der Waals surface area contributed by atoms with E-state index in [1.54, 1.807) is 54.6 Å². The number of para-hydroxylation sites is 1. The molecule has 9 nitrogen and oxygen atoms in total. The molecule has 1 saturated heterocycles. The first-order valence-corrected chi connectivity index (χ1v) is 13.5. The van der Waals surface area contributed by atoms with Gasteiger partial charge in [-0.25, -0.2) is 5.01 Å². The molecule has 1 atom stereocenters. The van der Waals surface area contributed by atoms with Gasteiger partial charge >= 0.3 is 0 Å². The number of anilines is 1. The van der Waals surface area contributed by atoms with Gasteiger partial charge in [-0.3, -0.25) is 29.9 Å². The number of hydrogen-bond acceptors (Lipinski definition) is 6. The number of nitro benzene ring substituents is 1. The quantitative estimate of drug-likeness (QED) is 0.159. The molecule has 0 aliphatic carbocycles. The van der Waals surface area contributed by atoms with E-state index in [1.165, 1.54) is 28.9 Å². The summed E-state index contributed by atoms with van der Waals surface area (Å²) in [4.78, 5) is 50.4. The fraction of sp³-hybridized carbons (Fsp3) is 0.0645. The van der Waals surface area contributed by atoms with Gasteiger partial charge in [0.1, 0.15) is 5.37 Å². The Balaban J connectivity index is 1.35. The van der Waals surface area contributed by atoms with Crippen LogP contribution in [0.2, 0.25) is 0 Å². The fourth-order valence-electron chi connectivity index (χ4n) is 4.19. The molecule has 3 amide bonds. The largest absolute Gasteiger partial charge is 0.322 e. The van der Waals surface area contributed by atoms with Crippen molar-refractivity contribution in [2.24, 2.45) is 0 Å². The topological polar surface area (TPSA) is 122 Å². The minimum Gasteiger partial charge on any atom is -0.322 e. The van der Waals surface area contributed by atoms with Crippen LogP contribution < -0.4 is 10.7 Å². The highest BCUT2D eigenvalue weighted by Gasteiger charge is 2.39. The summed E-state index contributed by atoms with van der Waals surface area (Å²) < 4.78 is 0. The summed E-state index contributed by atoms with van der Waals surface area (Å²) in [5, 5.41) is 14.9. The summed E-state index contributed by atoms with van der Waals surface area (Å²) in [6, 6.07) is 28.8. The molecule has 2 N–H and O–H groups in total. The van der Waals surface area contributed by atoms with Gasteiger partial charge < -0.3 is 5.32 Å². The Labute approximate surface area is 240 Å². The average molecular weight is 565 g/mol. The van der Waals surface area contributed by atoms with E-state index in [1.807, 2.05) is 49.4 Å². The van der Waals surface area contributed by atoms with Crippen molar-refractivity contribution in [2.75, 3.05) is 5.32 Å². The van der Waals surface area contributed by atoms with Crippen LogP contribution in [0.4, 0.5) is 11.4 Å². The Morgan fingerprint density at radius 3 is 2.15 bits per heavy atom. The predicted octanol–water partition coefficient (Wildman–Crippen LogP) is 6.12. The molecule has 1 unspecified atom stereocenters. The maximum atomic E-state index is 13.5. The Bertz CT molecular complexity index is 1650. The molecular weight excluding hydrogens is 540 g/mol. The van der Waals surface area contributed by atoms with Gasteiger partial charge in [-0.1, -0.05) is 71.9 Å². The molecule has 10 heteroatoms. The minimum atomic E-state index is -0.588. The van der Waals surface area contributed by atoms with E-state index in [0.29, 0.717) is 11.3 Å². The van der Waals surface area contributed by atoms with E-state index < -0.39 is 22.1 Å². The number of hydrogen-bond donors (Lipinski definition) is 2. The molecule has 0 aromatic heterocycles. The van der Waals surface area contributed by atoms with Crippen molar-refractivity contribution in [3.05, 3.63) is 146 Å². The highest BCUT2D eigenvalue weighted by atomic mass is 32.2. The average Bonchev–Trinajstić information content (AvgIpc) is 3.28. The Hall–Kier alpha value is -5.22. The summed E-state index contributed by atoms with van der Waals surface area (Å²) in [6.45, 7) is 1.94. The van der Waals surface area contributed by atoms with E-state index in [2.05, 4.69) is 10.7 Å². The minimum absolute atomic E-state index is 0.123. The highest BCUT2D eigenvalue weighted by Crippen LogP contribution is 2.45. The van der Waals surface area contributed by atoms with Crippen LogP contribution in [0.3, 0.4) is 0 Å². The molecule has 1 fully saturated rings. The highest BCUT2D eigenvalue weighted by molar-refractivity contribution is 8.04. The SMILES string of the molecule is Cc1ccc(C(=O)Nc2ccc(C(=O)NN3C(=O)/C(=C/c4ccccc4[N+](=O)[O-])SC3c3ccccc3)cc2)cc1. The summed E-state index contributed by atoms with van der Waals surface area (Å²) in [5.74, 6) is -1.29. The third-order valence-electron chi connectivity index (χ3n) is 6.35. The number of nitrogens with zero attached hydrogens (tertiary/aromatic N) is 2. The molecule has 0 radical (unpaired) electrons. The normalized spacial score (nSPS) is 15.5. The van der Waals surface area contributed by atoms with Crippen molar-refractivity contribution in [1.82, 2.24) is 10.4 Å². The lowest BCUT2D eigenvalue weighted by molar-refractivity contribution is -0.385. The van der Waals surface area contributed by atoms with E-state index in [0.717, 1.165) is 11.1 Å². The molecule has 5 rings (SSSR count). The van der Waals surface area contributed by atoms with Gasteiger partial charge in [-0.2, -0.15) is 0 Å². The Morgan fingerprint density at radius 1 is 0.854 bits per heavy atom. The van der Waals surface area contributed by atoms with Crippen LogP contribution in [0.15, 0.2) is 108 Å². The molecule has 204 valence electrons. The second-order valence-electron chi connectivity index (χ2n) is 9.22. The number of hydrazine groups is 1. The van der Waals surface area contributed by atoms with Gasteiger partial charge in [0, 0.05) is 22.9 Å². The number of nitrogens with one attached hydrogen (secondary N) is 2. The summed E-state index contributed by atoms with van der Waals surface area (Å²) in [5.41, 5.74) is 5.98. The number of carbonyl (C=O) groups is 3. The Kier molecular flexibility index (Phi) is 7.93. The number of nitro groups is 1. The summed E-state index contributed by atoms with van der Waals surface area (Å²) in [6.07, 6.45) is 1.47. The Morgan fingerprint density at radius 2 is 1.46 bits per heavy atom. The van der Waals surface area contributed by atoms with Crippen LogP contribution in [0.5, 0.6) is 0 Å². The molecule has 0 bridgehead atoms. The number of rotatable bonds is 7. The van der Waals surface area contributed by atoms with E-state index in [9.17, 15) is 24.5 Å². The third kappa shape index (κ3) is 6.18. The smallest absolute Gasteiger partial charge is 0.280 e. The van der Waals surface area contributed by atoms with Crippen molar-refractivity contribution >= 4 is 46.9 Å². The lowest BCUT2D eigenvalue weighted by atomic mass is 10.1. The molecule has 0 saturated carbocycles. The van der Waals surface area contributed by atoms with E-state index >= 15 is 0 Å². The summed E-state index contributed by atoms with van der Waals surface area (Å²) in [7, 11) is 0. The maximum absolute atomic E-state index is 13.5. The van der Waals surface area contributed by atoms with Crippen LogP contribution in [0.1, 0.15) is 42.8 Å². The van der Waals surface area contributed by atoms with Crippen molar-refractivity contribution < 1.29 is 19.3 Å². The van der Waals surface area contributed by atoms with E-state index in [4.69, 9.17) is 0 Å². The monoisotopic (exact) mass is 564 g/mol. The van der Waals surface area contributed by atoms with Gasteiger partial charge in [-0.15, -0.1) is 0 Å². The van der Waals surface area contributed by atoms with Crippen molar-refractivity contribution in [2.45, 2.75) is 12.3 Å². The number of thioether (sulfide) groups is 1. The first kappa shape index (κ1) is 27.4. The van der Waals surface area contributed by atoms with Crippen LogP contribution in [-0.4, -0.2) is 27.7 Å². The zero-order valence-corrected chi connectivity index (χ0v) is 22.6. The zero-order chi connectivity index (χ0) is 28.9. The van der Waals surface area contributed by atoms with Crippen molar-refractivity contribution in [3.8, 4) is 0 Å². The molecule has 41 heavy (non-hydrogen) atoms. The van der Waals surface area contributed by atoms with Crippen molar-refractivity contribution in [1.29, 1.82) is 0 Å². The van der Waals surface area contributed by atoms with Crippen LogP contribution in [0.25, 0.3) is 6.08 Å². The maximum Gasteiger partial charge on any atom is 0.280 e. The lowest BCUT2D eigenvalue weighted by Crippen LogP contribution is -2.44. The molecule has 4 aromatic rings. The molecule has 4 aromatic carbocycles. The molecule has 1 heterocycles. The number of amides is 3. The predicted molar refractivity (Wildman–Crippen MR) is 158 cm³/mol. The van der Waals surface area contributed by atoms with Crippen molar-refractivity contribution in [3.63, 3.8) is 0 Å². The van der Waals surface area contributed by atoms with Gasteiger partial charge in [-0.05, 0) is 61.0 Å². The fourth-order valence-corrected chi connectivity index (χ4v) is 5.37. The molecular formula is C31H24N4O5S. The summed E-state index contributed by atoms with van der Waals surface area (Å²) >= 11 is 1.19. The standard InChI is InChI=1S/C31H24N4O5S/c1-20-11-13-21(14-12-20)28(36)32-25-17-15-22(16-18-25)29(37)33-34-30(38)27(41-31(34)23-7-3-2-4-8-23)19-24-9-5-6-10-26(24)35(39)40/h2-19,31H,1H3,(H,32,36)(H,33,37)/b27-19-.